The smallest absolute Gasteiger partial charge is 0.258 e. The number of aromatic nitrogens is 2. The van der Waals surface area contributed by atoms with Gasteiger partial charge in [0.2, 0.25) is 11.9 Å². The number of fused-ring (bicyclic) bond motifs is 1. The maximum Gasteiger partial charge on any atom is 0.258 e. The molecule has 0 saturated heterocycles. The van der Waals surface area contributed by atoms with Crippen LogP contribution < -0.4 is 15.5 Å². The Morgan fingerprint density at radius 3 is 2.28 bits per heavy atom. The second kappa shape index (κ2) is 8.10. The maximum atomic E-state index is 12.5. The first-order valence-corrected chi connectivity index (χ1v) is 9.46. The van der Waals surface area contributed by atoms with Crippen LogP contribution in [0.15, 0.2) is 60.9 Å². The van der Waals surface area contributed by atoms with Gasteiger partial charge in [0.05, 0.1) is 5.56 Å². The van der Waals surface area contributed by atoms with E-state index in [1.54, 1.807) is 36.7 Å². The molecule has 2 heterocycles. The van der Waals surface area contributed by atoms with Gasteiger partial charge in [0.25, 0.3) is 5.91 Å². The van der Waals surface area contributed by atoms with Gasteiger partial charge in [-0.25, -0.2) is 9.97 Å². The molecule has 0 aliphatic carbocycles. The predicted molar refractivity (Wildman–Crippen MR) is 112 cm³/mol. The van der Waals surface area contributed by atoms with E-state index in [9.17, 15) is 9.59 Å². The molecule has 0 radical (unpaired) electrons. The Morgan fingerprint density at radius 1 is 0.931 bits per heavy atom. The highest BCUT2D eigenvalue weighted by Crippen LogP contribution is 2.31. The molecule has 1 aliphatic rings. The molecule has 0 fully saturated rings. The van der Waals surface area contributed by atoms with E-state index in [1.165, 1.54) is 12.5 Å². The molecule has 0 unspecified atom stereocenters. The van der Waals surface area contributed by atoms with Gasteiger partial charge in [-0.2, -0.15) is 0 Å². The SMILES string of the molecule is CC(=O)Nc1ccc(NC(=O)c2cnc(N3CCCc4ccccc43)nc2)cc1. The highest BCUT2D eigenvalue weighted by atomic mass is 16.2. The number of hydrogen-bond donors (Lipinski definition) is 2. The molecule has 2 aromatic carbocycles. The fourth-order valence-corrected chi connectivity index (χ4v) is 3.36. The third kappa shape index (κ3) is 4.24. The van der Waals surface area contributed by atoms with Crippen molar-refractivity contribution >= 4 is 34.8 Å². The molecule has 1 aromatic heterocycles. The summed E-state index contributed by atoms with van der Waals surface area (Å²) in [5.74, 6) is 0.159. The van der Waals surface area contributed by atoms with E-state index in [0.29, 0.717) is 22.9 Å². The number of benzene rings is 2. The number of nitrogens with one attached hydrogen (secondary N) is 2. The van der Waals surface area contributed by atoms with E-state index in [4.69, 9.17) is 0 Å². The molecule has 4 rings (SSSR count). The van der Waals surface area contributed by atoms with Crippen LogP contribution in [0.1, 0.15) is 29.3 Å². The van der Waals surface area contributed by atoms with Crippen molar-refractivity contribution in [2.24, 2.45) is 0 Å². The van der Waals surface area contributed by atoms with Crippen LogP contribution in [0.4, 0.5) is 23.0 Å². The van der Waals surface area contributed by atoms with Crippen molar-refractivity contribution in [3.63, 3.8) is 0 Å². The molecule has 3 aromatic rings. The topological polar surface area (TPSA) is 87.2 Å². The maximum absolute atomic E-state index is 12.5. The molecule has 146 valence electrons. The monoisotopic (exact) mass is 387 g/mol. The standard InChI is InChI=1S/C22H21N5O2/c1-15(28)25-18-8-10-19(11-9-18)26-21(29)17-13-23-22(24-14-17)27-12-4-6-16-5-2-3-7-20(16)27/h2-3,5,7-11,13-14H,4,6,12H2,1H3,(H,25,28)(H,26,29). The van der Waals surface area contributed by atoms with Crippen molar-refractivity contribution in [1.29, 1.82) is 0 Å². The first-order chi connectivity index (χ1) is 14.1. The van der Waals surface area contributed by atoms with Crippen LogP contribution in [0.2, 0.25) is 0 Å². The van der Waals surface area contributed by atoms with E-state index < -0.39 is 0 Å². The van der Waals surface area contributed by atoms with E-state index >= 15 is 0 Å². The number of para-hydroxylation sites is 1. The summed E-state index contributed by atoms with van der Waals surface area (Å²) in [6, 6.07) is 15.2. The van der Waals surface area contributed by atoms with Crippen LogP contribution in [-0.4, -0.2) is 28.3 Å². The van der Waals surface area contributed by atoms with Crippen molar-refractivity contribution in [2.45, 2.75) is 19.8 Å². The predicted octanol–water partition coefficient (Wildman–Crippen LogP) is 3.77. The van der Waals surface area contributed by atoms with Crippen molar-refractivity contribution < 1.29 is 9.59 Å². The normalized spacial score (nSPS) is 12.8. The Balaban J connectivity index is 1.45. The third-order valence-corrected chi connectivity index (χ3v) is 4.72. The lowest BCUT2D eigenvalue weighted by Gasteiger charge is -2.29. The molecule has 0 spiro atoms. The molecule has 0 saturated carbocycles. The van der Waals surface area contributed by atoms with E-state index in [1.807, 2.05) is 12.1 Å². The van der Waals surface area contributed by atoms with Gasteiger partial charge in [-0.15, -0.1) is 0 Å². The number of amides is 2. The third-order valence-electron chi connectivity index (χ3n) is 4.72. The van der Waals surface area contributed by atoms with Gasteiger partial charge in [0.1, 0.15) is 0 Å². The second-order valence-electron chi connectivity index (χ2n) is 6.87. The lowest BCUT2D eigenvalue weighted by atomic mass is 10.0. The lowest BCUT2D eigenvalue weighted by molar-refractivity contribution is -0.114. The fourth-order valence-electron chi connectivity index (χ4n) is 3.36. The van der Waals surface area contributed by atoms with Crippen molar-refractivity contribution in [3.05, 3.63) is 72.1 Å². The summed E-state index contributed by atoms with van der Waals surface area (Å²) in [5, 5.41) is 5.49. The van der Waals surface area contributed by atoms with E-state index in [-0.39, 0.29) is 11.8 Å². The molecule has 2 N–H and O–H groups in total. The minimum atomic E-state index is -0.289. The molecule has 7 nitrogen and oxygen atoms in total. The van der Waals surface area contributed by atoms with Crippen LogP contribution in [-0.2, 0) is 11.2 Å². The molecule has 1 aliphatic heterocycles. The average molecular weight is 387 g/mol. The Morgan fingerprint density at radius 2 is 1.59 bits per heavy atom. The largest absolute Gasteiger partial charge is 0.326 e. The Hall–Kier alpha value is -3.74. The second-order valence-corrected chi connectivity index (χ2v) is 6.87. The summed E-state index contributed by atoms with van der Waals surface area (Å²) >= 11 is 0. The van der Waals surface area contributed by atoms with Crippen molar-refractivity contribution in [1.82, 2.24) is 9.97 Å². The molecule has 2 amide bonds. The van der Waals surface area contributed by atoms with Crippen molar-refractivity contribution in [3.8, 4) is 0 Å². The van der Waals surface area contributed by atoms with Gasteiger partial charge in [-0.3, -0.25) is 9.59 Å². The zero-order valence-corrected chi connectivity index (χ0v) is 16.1. The van der Waals surface area contributed by atoms with Crippen LogP contribution in [0.3, 0.4) is 0 Å². The Bertz CT molecular complexity index is 1030. The van der Waals surface area contributed by atoms with Crippen LogP contribution >= 0.6 is 0 Å². The number of carbonyl (C=O) groups excluding carboxylic acids is 2. The summed E-state index contributed by atoms with van der Waals surface area (Å²) in [7, 11) is 0. The van der Waals surface area contributed by atoms with Crippen LogP contribution in [0.5, 0.6) is 0 Å². The Labute approximate surface area is 168 Å². The van der Waals surface area contributed by atoms with Crippen molar-refractivity contribution in [2.75, 3.05) is 22.1 Å². The van der Waals surface area contributed by atoms with Gasteiger partial charge in [-0.05, 0) is 48.7 Å². The van der Waals surface area contributed by atoms with Gasteiger partial charge < -0.3 is 15.5 Å². The highest BCUT2D eigenvalue weighted by Gasteiger charge is 2.20. The molecule has 7 heteroatoms. The number of carbonyl (C=O) groups is 2. The van der Waals surface area contributed by atoms with Gasteiger partial charge in [0.15, 0.2) is 0 Å². The van der Waals surface area contributed by atoms with E-state index in [2.05, 4.69) is 37.6 Å². The first kappa shape index (κ1) is 18.6. The first-order valence-electron chi connectivity index (χ1n) is 9.46. The number of aryl methyl sites for hydroxylation is 1. The van der Waals surface area contributed by atoms with Gasteiger partial charge >= 0.3 is 0 Å². The molecule has 0 bridgehead atoms. The quantitative estimate of drug-likeness (QED) is 0.712. The average Bonchev–Trinajstić information content (AvgIpc) is 2.74. The van der Waals surface area contributed by atoms with Crippen LogP contribution in [0.25, 0.3) is 0 Å². The zero-order valence-electron chi connectivity index (χ0n) is 16.1. The number of nitrogens with zero attached hydrogens (tertiary/aromatic N) is 3. The number of rotatable bonds is 4. The zero-order chi connectivity index (χ0) is 20.2. The minimum Gasteiger partial charge on any atom is -0.326 e. The number of hydrogen-bond acceptors (Lipinski definition) is 5. The molecular formula is C22H21N5O2. The highest BCUT2D eigenvalue weighted by molar-refractivity contribution is 6.04. The lowest BCUT2D eigenvalue weighted by Crippen LogP contribution is -2.26. The summed E-state index contributed by atoms with van der Waals surface area (Å²) < 4.78 is 0. The summed E-state index contributed by atoms with van der Waals surface area (Å²) in [6.07, 6.45) is 5.17. The van der Waals surface area contributed by atoms with Crippen LogP contribution in [0, 0.1) is 0 Å². The van der Waals surface area contributed by atoms with Gasteiger partial charge in [0, 0.05) is 42.9 Å². The molecular weight excluding hydrogens is 366 g/mol. The van der Waals surface area contributed by atoms with Gasteiger partial charge in [-0.1, -0.05) is 18.2 Å². The summed E-state index contributed by atoms with van der Waals surface area (Å²) in [6.45, 7) is 2.30. The van der Waals surface area contributed by atoms with E-state index in [0.717, 1.165) is 25.1 Å². The fraction of sp³-hybridized carbons (Fsp3) is 0.182. The number of anilines is 4. The summed E-state index contributed by atoms with van der Waals surface area (Å²) in [5.41, 5.74) is 4.08. The summed E-state index contributed by atoms with van der Waals surface area (Å²) in [4.78, 5) is 34.5. The Kier molecular flexibility index (Phi) is 5.20. The molecule has 29 heavy (non-hydrogen) atoms. The molecule has 0 atom stereocenters. The minimum absolute atomic E-state index is 0.143.